The normalized spacial score (nSPS) is 9.25. The van der Waals surface area contributed by atoms with E-state index in [4.69, 9.17) is 0 Å². The van der Waals surface area contributed by atoms with Crippen LogP contribution < -0.4 is 0 Å². The Hall–Kier alpha value is -0.640. The lowest BCUT2D eigenvalue weighted by Crippen LogP contribution is -1.85. The van der Waals surface area contributed by atoms with Crippen LogP contribution in [-0.2, 0) is 0 Å². The van der Waals surface area contributed by atoms with Crippen molar-refractivity contribution in [2.45, 2.75) is 5.03 Å². The van der Waals surface area contributed by atoms with Gasteiger partial charge in [-0.15, -0.1) is 12.6 Å². The number of nitrogens with zero attached hydrogens (tertiary/aromatic N) is 2. The van der Waals surface area contributed by atoms with Gasteiger partial charge in [0.1, 0.15) is 0 Å². The Morgan fingerprint density at radius 1 is 1.62 bits per heavy atom. The summed E-state index contributed by atoms with van der Waals surface area (Å²) >= 11 is 3.76. The van der Waals surface area contributed by atoms with E-state index in [1.54, 1.807) is 0 Å². The molecule has 42 valence electrons. The SMILES string of the molecule is Fc1nccc(S)n1. The minimum absolute atomic E-state index is 0.345. The van der Waals surface area contributed by atoms with Gasteiger partial charge in [-0.25, -0.2) is 4.98 Å². The highest BCUT2D eigenvalue weighted by Gasteiger charge is 1.88. The molecular formula is C4H3FN2S. The van der Waals surface area contributed by atoms with E-state index in [9.17, 15) is 4.39 Å². The van der Waals surface area contributed by atoms with Crippen LogP contribution in [0.5, 0.6) is 0 Å². The van der Waals surface area contributed by atoms with Crippen LogP contribution in [0, 0.1) is 6.08 Å². The van der Waals surface area contributed by atoms with Gasteiger partial charge in [-0.1, -0.05) is 0 Å². The molecule has 0 fully saturated rings. The van der Waals surface area contributed by atoms with E-state index in [1.807, 2.05) is 0 Å². The Balaban J connectivity index is 3.08. The summed E-state index contributed by atoms with van der Waals surface area (Å²) < 4.78 is 11.9. The first-order valence-electron chi connectivity index (χ1n) is 1.96. The molecule has 4 heteroatoms. The highest BCUT2D eigenvalue weighted by molar-refractivity contribution is 7.80. The molecule has 0 unspecified atom stereocenters. The molecule has 1 rings (SSSR count). The third kappa shape index (κ3) is 1.16. The summed E-state index contributed by atoms with van der Waals surface area (Å²) in [7, 11) is 0. The van der Waals surface area contributed by atoms with Crippen LogP contribution in [0.3, 0.4) is 0 Å². The lowest BCUT2D eigenvalue weighted by molar-refractivity contribution is 0.527. The van der Waals surface area contributed by atoms with Gasteiger partial charge in [0.05, 0.1) is 5.03 Å². The molecule has 0 amide bonds. The zero-order valence-electron chi connectivity index (χ0n) is 3.87. The lowest BCUT2D eigenvalue weighted by Gasteiger charge is -1.85. The molecule has 0 saturated carbocycles. The van der Waals surface area contributed by atoms with Gasteiger partial charge in [-0.2, -0.15) is 9.37 Å². The molecule has 0 saturated heterocycles. The van der Waals surface area contributed by atoms with E-state index in [0.717, 1.165) is 0 Å². The summed E-state index contributed by atoms with van der Waals surface area (Å²) in [6.07, 6.45) is 0.572. The second-order valence-electron chi connectivity index (χ2n) is 1.18. The Labute approximate surface area is 51.2 Å². The van der Waals surface area contributed by atoms with Crippen molar-refractivity contribution in [2.24, 2.45) is 0 Å². The molecule has 0 radical (unpaired) electrons. The van der Waals surface area contributed by atoms with Crippen LogP contribution in [0.1, 0.15) is 0 Å². The number of hydrogen-bond acceptors (Lipinski definition) is 3. The van der Waals surface area contributed by atoms with Crippen molar-refractivity contribution < 1.29 is 4.39 Å². The van der Waals surface area contributed by atoms with Crippen molar-refractivity contribution >= 4 is 12.6 Å². The molecule has 0 aliphatic heterocycles. The minimum Gasteiger partial charge on any atom is -0.211 e. The predicted octanol–water partition coefficient (Wildman–Crippen LogP) is 0.904. The minimum atomic E-state index is -0.738. The van der Waals surface area contributed by atoms with Crippen molar-refractivity contribution in [3.8, 4) is 0 Å². The average molecular weight is 130 g/mol. The van der Waals surface area contributed by atoms with E-state index >= 15 is 0 Å². The van der Waals surface area contributed by atoms with Crippen molar-refractivity contribution in [3.05, 3.63) is 18.3 Å². The number of halogens is 1. The molecule has 1 heterocycles. The highest BCUT2D eigenvalue weighted by Crippen LogP contribution is 1.97. The third-order valence-electron chi connectivity index (χ3n) is 0.611. The number of hydrogen-bond donors (Lipinski definition) is 1. The molecule has 0 bridgehead atoms. The Kier molecular flexibility index (Phi) is 1.43. The van der Waals surface area contributed by atoms with E-state index in [-0.39, 0.29) is 0 Å². The molecule has 0 atom stereocenters. The van der Waals surface area contributed by atoms with Crippen molar-refractivity contribution in [1.82, 2.24) is 9.97 Å². The van der Waals surface area contributed by atoms with E-state index in [2.05, 4.69) is 22.6 Å². The molecule has 8 heavy (non-hydrogen) atoms. The van der Waals surface area contributed by atoms with Crippen molar-refractivity contribution in [1.29, 1.82) is 0 Å². The van der Waals surface area contributed by atoms with E-state index in [0.29, 0.717) is 5.03 Å². The summed E-state index contributed by atoms with van der Waals surface area (Å²) in [6, 6.07) is 1.51. The third-order valence-corrected chi connectivity index (χ3v) is 0.861. The number of rotatable bonds is 0. The van der Waals surface area contributed by atoms with Gasteiger partial charge in [-0.05, 0) is 6.07 Å². The molecule has 1 aromatic rings. The molecule has 0 aliphatic carbocycles. The fourth-order valence-electron chi connectivity index (χ4n) is 0.326. The number of aromatic nitrogens is 2. The second-order valence-corrected chi connectivity index (χ2v) is 1.64. The van der Waals surface area contributed by atoms with Gasteiger partial charge in [0.2, 0.25) is 0 Å². The van der Waals surface area contributed by atoms with Crippen LogP contribution in [0.15, 0.2) is 17.3 Å². The molecule has 0 spiro atoms. The van der Waals surface area contributed by atoms with E-state index in [1.165, 1.54) is 12.3 Å². The summed E-state index contributed by atoms with van der Waals surface area (Å²) in [5, 5.41) is 0.345. The lowest BCUT2D eigenvalue weighted by atomic mass is 10.7. The first-order chi connectivity index (χ1) is 3.79. The molecule has 2 nitrogen and oxygen atoms in total. The van der Waals surface area contributed by atoms with Crippen LogP contribution >= 0.6 is 12.6 Å². The zero-order valence-corrected chi connectivity index (χ0v) is 4.77. The maximum atomic E-state index is 11.9. The summed E-state index contributed by atoms with van der Waals surface area (Å²) in [5.41, 5.74) is 0. The Morgan fingerprint density at radius 2 is 2.38 bits per heavy atom. The van der Waals surface area contributed by atoms with Gasteiger partial charge in [0.25, 0.3) is 0 Å². The number of thiol groups is 1. The summed E-state index contributed by atoms with van der Waals surface area (Å²) in [4.78, 5) is 6.47. The fraction of sp³-hybridized carbons (Fsp3) is 0. The van der Waals surface area contributed by atoms with Gasteiger partial charge >= 0.3 is 6.08 Å². The monoisotopic (exact) mass is 130 g/mol. The van der Waals surface area contributed by atoms with Crippen LogP contribution in [0.4, 0.5) is 4.39 Å². The molecule has 1 aromatic heterocycles. The topological polar surface area (TPSA) is 25.8 Å². The van der Waals surface area contributed by atoms with Gasteiger partial charge in [-0.3, -0.25) is 0 Å². The zero-order chi connectivity index (χ0) is 5.98. The van der Waals surface area contributed by atoms with Crippen molar-refractivity contribution in [2.75, 3.05) is 0 Å². The Morgan fingerprint density at radius 3 is 2.75 bits per heavy atom. The van der Waals surface area contributed by atoms with E-state index < -0.39 is 6.08 Å². The molecule has 0 N–H and O–H groups in total. The predicted molar refractivity (Wildman–Crippen MR) is 29.2 cm³/mol. The maximum absolute atomic E-state index is 11.9. The van der Waals surface area contributed by atoms with Crippen LogP contribution in [0.25, 0.3) is 0 Å². The Bertz CT molecular complexity index is 174. The van der Waals surface area contributed by atoms with Crippen LogP contribution in [0.2, 0.25) is 0 Å². The smallest absolute Gasteiger partial charge is 0.211 e. The van der Waals surface area contributed by atoms with Crippen molar-refractivity contribution in [3.63, 3.8) is 0 Å². The summed E-state index contributed by atoms with van der Waals surface area (Å²) in [5.74, 6) is 0. The first-order valence-corrected chi connectivity index (χ1v) is 2.41. The second kappa shape index (κ2) is 2.09. The first kappa shape index (κ1) is 5.50. The fourth-order valence-corrected chi connectivity index (χ4v) is 0.475. The summed E-state index contributed by atoms with van der Waals surface area (Å²) in [6.45, 7) is 0. The molecular weight excluding hydrogens is 127 g/mol. The molecule has 0 aromatic carbocycles. The van der Waals surface area contributed by atoms with Gasteiger partial charge < -0.3 is 0 Å². The van der Waals surface area contributed by atoms with Gasteiger partial charge in [0.15, 0.2) is 0 Å². The average Bonchev–Trinajstić information content (AvgIpc) is 1.64. The molecule has 0 aliphatic rings. The van der Waals surface area contributed by atoms with Gasteiger partial charge in [0, 0.05) is 6.20 Å². The standard InChI is InChI=1S/C4H3FN2S/c5-4-6-2-1-3(8)7-4/h1-2H,(H,6,7,8). The quantitative estimate of drug-likeness (QED) is 0.321. The maximum Gasteiger partial charge on any atom is 0.309 e. The highest BCUT2D eigenvalue weighted by atomic mass is 32.1. The van der Waals surface area contributed by atoms with Crippen LogP contribution in [-0.4, -0.2) is 9.97 Å². The largest absolute Gasteiger partial charge is 0.309 e.